The van der Waals surface area contributed by atoms with E-state index in [1.54, 1.807) is 0 Å². The SMILES string of the molecule is C1CN2CCN1CC2.CCCCCCCCCCCCS.CCCCCCCCCCS.CCCCNCCCC.CN(C)CCN(C)C.CN1CCOCC1. The number of likely N-dealkylation sites (N-methyl/N-ethyl adjacent to an activating group) is 3. The Morgan fingerprint density at radius 1 is 0.429 bits per heavy atom. The van der Waals surface area contributed by atoms with Crippen LogP contribution in [0, 0.1) is 0 Å². The molecule has 342 valence electrons. The van der Waals surface area contributed by atoms with Crippen LogP contribution in [0.2, 0.25) is 0 Å². The molecule has 0 aromatic carbocycles. The van der Waals surface area contributed by atoms with Crippen molar-refractivity contribution < 1.29 is 4.74 Å². The number of ether oxygens (including phenoxy) is 1. The topological polar surface area (TPSA) is 37.5 Å². The van der Waals surface area contributed by atoms with Crippen LogP contribution < -0.4 is 5.32 Å². The number of piperazine rings is 3. The highest BCUT2D eigenvalue weighted by molar-refractivity contribution is 7.80. The van der Waals surface area contributed by atoms with Crippen molar-refractivity contribution in [3.63, 3.8) is 0 Å². The molecular weight excluding hydrogens is 729 g/mol. The number of thiol groups is 2. The third-order valence-corrected chi connectivity index (χ3v) is 11.0. The van der Waals surface area contributed by atoms with E-state index in [0.29, 0.717) is 0 Å². The molecular formula is C47H106N6OS2. The van der Waals surface area contributed by atoms with Crippen molar-refractivity contribution in [1.82, 2.24) is 29.8 Å². The minimum absolute atomic E-state index is 0.913. The zero-order valence-electron chi connectivity index (χ0n) is 39.9. The second-order valence-electron chi connectivity index (χ2n) is 16.8. The normalized spacial score (nSPS) is 17.3. The lowest BCUT2D eigenvalue weighted by Crippen LogP contribution is -2.55. The molecule has 4 aliphatic rings. The number of fused-ring (bicyclic) bond motifs is 3. The minimum atomic E-state index is 0.913. The number of nitrogens with zero attached hydrogens (tertiary/aromatic N) is 5. The lowest BCUT2D eigenvalue weighted by molar-refractivity contribution is 0.0503. The Hall–Kier alpha value is 0.420. The van der Waals surface area contributed by atoms with Gasteiger partial charge in [0.2, 0.25) is 0 Å². The Kier molecular flexibility index (Phi) is 57.9. The van der Waals surface area contributed by atoms with E-state index < -0.39 is 0 Å². The van der Waals surface area contributed by atoms with Crippen molar-refractivity contribution in [1.29, 1.82) is 0 Å². The zero-order valence-corrected chi connectivity index (χ0v) is 41.7. The Morgan fingerprint density at radius 3 is 0.929 bits per heavy atom. The molecule has 0 amide bonds. The van der Waals surface area contributed by atoms with Gasteiger partial charge < -0.3 is 24.8 Å². The van der Waals surface area contributed by atoms with Gasteiger partial charge in [0, 0.05) is 65.4 Å². The van der Waals surface area contributed by atoms with E-state index in [1.807, 2.05) is 0 Å². The van der Waals surface area contributed by atoms with Crippen LogP contribution in [0.25, 0.3) is 0 Å². The van der Waals surface area contributed by atoms with Crippen molar-refractivity contribution in [3.8, 4) is 0 Å². The highest BCUT2D eigenvalue weighted by Gasteiger charge is 2.21. The first-order valence-corrected chi connectivity index (χ1v) is 25.4. The van der Waals surface area contributed by atoms with Gasteiger partial charge in [0.25, 0.3) is 0 Å². The Balaban J connectivity index is -0.000000608. The van der Waals surface area contributed by atoms with Gasteiger partial charge in [0.15, 0.2) is 0 Å². The summed E-state index contributed by atoms with van der Waals surface area (Å²) in [4.78, 5) is 11.7. The maximum atomic E-state index is 5.10. The van der Waals surface area contributed by atoms with Crippen molar-refractivity contribution in [2.24, 2.45) is 0 Å². The van der Waals surface area contributed by atoms with Crippen LogP contribution in [0.3, 0.4) is 0 Å². The van der Waals surface area contributed by atoms with E-state index in [-0.39, 0.29) is 0 Å². The summed E-state index contributed by atoms with van der Waals surface area (Å²) in [7, 11) is 10.5. The molecule has 0 aromatic heterocycles. The van der Waals surface area contributed by atoms with Gasteiger partial charge in [-0.15, -0.1) is 0 Å². The van der Waals surface area contributed by atoms with Gasteiger partial charge in [-0.3, -0.25) is 9.80 Å². The second kappa shape index (κ2) is 53.4. The molecule has 4 rings (SSSR count). The molecule has 1 N–H and O–H groups in total. The molecule has 0 atom stereocenters. The lowest BCUT2D eigenvalue weighted by atomic mass is 10.1. The summed E-state index contributed by atoms with van der Waals surface area (Å²) in [6, 6.07) is 0. The van der Waals surface area contributed by atoms with Gasteiger partial charge in [-0.2, -0.15) is 25.3 Å². The third-order valence-electron chi connectivity index (χ3n) is 10.4. The summed E-state index contributed by atoms with van der Waals surface area (Å²) in [5.41, 5.74) is 0. The van der Waals surface area contributed by atoms with Crippen LogP contribution >= 0.6 is 25.3 Å². The minimum Gasteiger partial charge on any atom is -0.379 e. The fraction of sp³-hybridized carbons (Fsp3) is 1.00. The number of morpholine rings is 1. The Morgan fingerprint density at radius 2 is 0.714 bits per heavy atom. The second-order valence-corrected chi connectivity index (χ2v) is 17.7. The van der Waals surface area contributed by atoms with E-state index in [4.69, 9.17) is 4.74 Å². The first kappa shape index (κ1) is 60.7. The first-order valence-electron chi connectivity index (χ1n) is 24.1. The molecule has 0 unspecified atom stereocenters. The number of hydrogen-bond donors (Lipinski definition) is 3. The predicted octanol–water partition coefficient (Wildman–Crippen LogP) is 10.7. The van der Waals surface area contributed by atoms with Crippen molar-refractivity contribution in [2.45, 2.75) is 169 Å². The first-order chi connectivity index (χ1) is 27.2. The maximum Gasteiger partial charge on any atom is 0.0594 e. The Bertz CT molecular complexity index is 610. The van der Waals surface area contributed by atoms with Gasteiger partial charge in [-0.05, 0) is 85.5 Å². The van der Waals surface area contributed by atoms with Crippen LogP contribution in [0.15, 0.2) is 0 Å². The molecule has 4 fully saturated rings. The molecule has 4 saturated heterocycles. The quantitative estimate of drug-likeness (QED) is 0.0562. The van der Waals surface area contributed by atoms with E-state index >= 15 is 0 Å². The van der Waals surface area contributed by atoms with Gasteiger partial charge in [0.05, 0.1) is 13.2 Å². The summed E-state index contributed by atoms with van der Waals surface area (Å²) in [6.07, 6.45) is 30.6. The molecule has 4 heterocycles. The van der Waals surface area contributed by atoms with E-state index in [2.05, 4.69) is 118 Å². The fourth-order valence-corrected chi connectivity index (χ4v) is 6.59. The lowest BCUT2D eigenvalue weighted by Gasteiger charge is -2.41. The molecule has 0 saturated carbocycles. The fourth-order valence-electron chi connectivity index (χ4n) is 6.15. The number of nitrogens with one attached hydrogen (secondary N) is 1. The van der Waals surface area contributed by atoms with E-state index in [0.717, 1.165) is 50.9 Å². The number of rotatable bonds is 27. The smallest absolute Gasteiger partial charge is 0.0594 e. The van der Waals surface area contributed by atoms with Gasteiger partial charge in [-0.25, -0.2) is 0 Å². The third kappa shape index (κ3) is 56.5. The van der Waals surface area contributed by atoms with Crippen molar-refractivity contribution in [2.75, 3.05) is 138 Å². The number of unbranched alkanes of at least 4 members (excludes halogenated alkanes) is 18. The predicted molar refractivity (Wildman–Crippen MR) is 263 cm³/mol. The molecule has 2 bridgehead atoms. The summed E-state index contributed by atoms with van der Waals surface area (Å²) in [5.74, 6) is 2.13. The van der Waals surface area contributed by atoms with E-state index in [1.165, 1.54) is 194 Å². The molecule has 0 aromatic rings. The van der Waals surface area contributed by atoms with E-state index in [9.17, 15) is 0 Å². The van der Waals surface area contributed by atoms with Crippen LogP contribution in [0.4, 0.5) is 0 Å². The molecule has 4 aliphatic heterocycles. The van der Waals surface area contributed by atoms with Crippen LogP contribution in [-0.2, 0) is 4.74 Å². The number of hydrogen-bond acceptors (Lipinski definition) is 9. The van der Waals surface area contributed by atoms with Crippen LogP contribution in [0.5, 0.6) is 0 Å². The monoisotopic (exact) mass is 835 g/mol. The highest BCUT2D eigenvalue weighted by atomic mass is 32.1. The summed E-state index contributed by atoms with van der Waals surface area (Å²) >= 11 is 8.38. The van der Waals surface area contributed by atoms with Crippen molar-refractivity contribution in [3.05, 3.63) is 0 Å². The van der Waals surface area contributed by atoms with Gasteiger partial charge in [-0.1, -0.05) is 143 Å². The van der Waals surface area contributed by atoms with Crippen LogP contribution in [-0.4, -0.2) is 163 Å². The Labute approximate surface area is 365 Å². The van der Waals surface area contributed by atoms with Gasteiger partial charge >= 0.3 is 0 Å². The van der Waals surface area contributed by atoms with Crippen LogP contribution in [0.1, 0.15) is 169 Å². The molecule has 0 aliphatic carbocycles. The average molecular weight is 836 g/mol. The molecule has 0 spiro atoms. The van der Waals surface area contributed by atoms with Crippen molar-refractivity contribution >= 4 is 25.3 Å². The largest absolute Gasteiger partial charge is 0.379 e. The summed E-state index contributed by atoms with van der Waals surface area (Å²) < 4.78 is 5.10. The summed E-state index contributed by atoms with van der Waals surface area (Å²) in [6.45, 7) is 25.6. The molecule has 7 nitrogen and oxygen atoms in total. The zero-order chi connectivity index (χ0) is 42.2. The average Bonchev–Trinajstić information content (AvgIpc) is 3.21. The molecule has 56 heavy (non-hydrogen) atoms. The molecule has 0 radical (unpaired) electrons. The molecule has 9 heteroatoms. The van der Waals surface area contributed by atoms with Gasteiger partial charge in [0.1, 0.15) is 0 Å². The standard InChI is InChI=1S/C12H26S.C10H22S.C8H19N.C6H12N2.C6H16N2.C5H11NO/c1-2-3-4-5-6-7-8-9-10-11-12-13;1-2-3-4-5-6-7-8-9-10-11;1-3-5-7-9-8-6-4-2;1-2-8-5-3-7(1)4-6-8;1-7(2)5-6-8(3)4;1-6-2-4-7-5-3-6/h13H,2-12H2,1H3;11H,2-10H2,1H3;9H,3-8H2,1-2H3;1-6H2;5-6H2,1-4H3;2-5H2,1H3. The maximum absolute atomic E-state index is 5.10. The highest BCUT2D eigenvalue weighted by Crippen LogP contribution is 2.11. The summed E-state index contributed by atoms with van der Waals surface area (Å²) in [5, 5.41) is 3.39.